The summed E-state index contributed by atoms with van der Waals surface area (Å²) in [4.78, 5) is 2.18. The van der Waals surface area contributed by atoms with Crippen LogP contribution in [-0.2, 0) is 0 Å². The second-order valence-electron chi connectivity index (χ2n) is 4.88. The zero-order valence-electron chi connectivity index (χ0n) is 9.59. The maximum absolute atomic E-state index is 9.06. The number of hydrogen-bond acceptors (Lipinski definition) is 3. The Balaban J connectivity index is 3.62. The van der Waals surface area contributed by atoms with E-state index in [9.17, 15) is 0 Å². The van der Waals surface area contributed by atoms with Gasteiger partial charge in [-0.2, -0.15) is 0 Å². The van der Waals surface area contributed by atoms with E-state index >= 15 is 0 Å². The van der Waals surface area contributed by atoms with Crippen LogP contribution in [0.15, 0.2) is 0 Å². The minimum absolute atomic E-state index is 0.254. The van der Waals surface area contributed by atoms with Crippen molar-refractivity contribution in [1.82, 2.24) is 10.2 Å². The Morgan fingerprint density at radius 2 is 1.92 bits per heavy atom. The van der Waals surface area contributed by atoms with Crippen LogP contribution in [0, 0.1) is 5.41 Å². The predicted octanol–water partition coefficient (Wildman–Crippen LogP) is 0.545. The molecular formula is C10H24N2O. The predicted molar refractivity (Wildman–Crippen MR) is 56.9 cm³/mol. The van der Waals surface area contributed by atoms with E-state index in [1.54, 1.807) is 6.92 Å². The van der Waals surface area contributed by atoms with Gasteiger partial charge in [-0.25, -0.2) is 0 Å². The highest BCUT2D eigenvalue weighted by Gasteiger charge is 2.18. The largest absolute Gasteiger partial charge is 0.392 e. The molecule has 0 saturated carbocycles. The van der Waals surface area contributed by atoms with E-state index in [1.807, 2.05) is 0 Å². The molecule has 3 heteroatoms. The molecule has 0 radical (unpaired) electrons. The van der Waals surface area contributed by atoms with Gasteiger partial charge in [0.15, 0.2) is 0 Å². The molecule has 0 aromatic carbocycles. The number of rotatable bonds is 6. The third kappa shape index (κ3) is 8.22. The minimum atomic E-state index is -0.254. The summed E-state index contributed by atoms with van der Waals surface area (Å²) >= 11 is 0. The number of aliphatic hydroxyl groups excluding tert-OH is 1. The first kappa shape index (κ1) is 12.9. The van der Waals surface area contributed by atoms with Crippen molar-refractivity contribution in [1.29, 1.82) is 0 Å². The van der Waals surface area contributed by atoms with Gasteiger partial charge in [-0.1, -0.05) is 13.8 Å². The fourth-order valence-corrected chi connectivity index (χ4v) is 1.53. The number of nitrogens with zero attached hydrogens (tertiary/aromatic N) is 1. The van der Waals surface area contributed by atoms with E-state index in [0.717, 1.165) is 13.1 Å². The van der Waals surface area contributed by atoms with Crippen LogP contribution >= 0.6 is 0 Å². The quantitative estimate of drug-likeness (QED) is 0.639. The normalized spacial score (nSPS) is 15.0. The molecule has 0 aromatic rings. The highest BCUT2D eigenvalue weighted by molar-refractivity contribution is 4.74. The van der Waals surface area contributed by atoms with E-state index in [-0.39, 0.29) is 11.5 Å². The van der Waals surface area contributed by atoms with Crippen molar-refractivity contribution in [3.05, 3.63) is 0 Å². The maximum atomic E-state index is 9.06. The molecule has 0 aliphatic carbocycles. The monoisotopic (exact) mass is 188 g/mol. The lowest BCUT2D eigenvalue weighted by molar-refractivity contribution is 0.176. The van der Waals surface area contributed by atoms with Crippen LogP contribution in [0.4, 0.5) is 0 Å². The molecule has 0 heterocycles. The average molecular weight is 188 g/mol. The Labute approximate surface area is 82.1 Å². The van der Waals surface area contributed by atoms with Crippen LogP contribution in [-0.4, -0.2) is 49.8 Å². The molecule has 0 fully saturated rings. The molecule has 0 rings (SSSR count). The molecule has 0 aliphatic heterocycles. The summed E-state index contributed by atoms with van der Waals surface area (Å²) < 4.78 is 0. The van der Waals surface area contributed by atoms with Gasteiger partial charge in [-0.3, -0.25) is 0 Å². The summed E-state index contributed by atoms with van der Waals surface area (Å²) in [7, 11) is 4.16. The van der Waals surface area contributed by atoms with Gasteiger partial charge >= 0.3 is 0 Å². The molecule has 80 valence electrons. The first-order chi connectivity index (χ1) is 5.83. The number of nitrogens with one attached hydrogen (secondary N) is 1. The molecule has 1 atom stereocenters. The van der Waals surface area contributed by atoms with Gasteiger partial charge in [0.2, 0.25) is 0 Å². The standard InChI is InChI=1S/C10H24N2O/c1-9(13)6-11-7-10(2,3)8-12(4)5/h9,11,13H,6-8H2,1-5H3/t9-/m0/s1. The molecule has 0 aromatic heterocycles. The third-order valence-corrected chi connectivity index (χ3v) is 1.79. The second kappa shape index (κ2) is 5.58. The van der Waals surface area contributed by atoms with Crippen molar-refractivity contribution >= 4 is 0 Å². The minimum Gasteiger partial charge on any atom is -0.392 e. The molecule has 13 heavy (non-hydrogen) atoms. The lowest BCUT2D eigenvalue weighted by Gasteiger charge is -2.28. The topological polar surface area (TPSA) is 35.5 Å². The van der Waals surface area contributed by atoms with Crippen LogP contribution in [0.3, 0.4) is 0 Å². The van der Waals surface area contributed by atoms with Crippen molar-refractivity contribution in [3.63, 3.8) is 0 Å². The van der Waals surface area contributed by atoms with E-state index < -0.39 is 0 Å². The lowest BCUT2D eigenvalue weighted by Crippen LogP contribution is -2.39. The van der Waals surface area contributed by atoms with Gasteiger partial charge in [0, 0.05) is 19.6 Å². The second-order valence-corrected chi connectivity index (χ2v) is 4.88. The fourth-order valence-electron chi connectivity index (χ4n) is 1.53. The molecule has 2 N–H and O–H groups in total. The summed E-state index contributed by atoms with van der Waals surface area (Å²) in [5.41, 5.74) is 0.262. The van der Waals surface area contributed by atoms with E-state index in [2.05, 4.69) is 38.2 Å². The summed E-state index contributed by atoms with van der Waals surface area (Å²) in [5.74, 6) is 0. The van der Waals surface area contributed by atoms with Crippen LogP contribution < -0.4 is 5.32 Å². The first-order valence-electron chi connectivity index (χ1n) is 4.87. The van der Waals surface area contributed by atoms with Gasteiger partial charge in [-0.15, -0.1) is 0 Å². The molecule has 0 amide bonds. The lowest BCUT2D eigenvalue weighted by atomic mass is 9.93. The summed E-state index contributed by atoms with van der Waals surface area (Å²) in [6.07, 6.45) is -0.254. The summed E-state index contributed by atoms with van der Waals surface area (Å²) in [6, 6.07) is 0. The maximum Gasteiger partial charge on any atom is 0.0636 e. The van der Waals surface area contributed by atoms with Crippen LogP contribution in [0.25, 0.3) is 0 Å². The average Bonchev–Trinajstić information content (AvgIpc) is 1.81. The Kier molecular flexibility index (Phi) is 5.53. The van der Waals surface area contributed by atoms with E-state index in [0.29, 0.717) is 6.54 Å². The number of hydrogen-bond donors (Lipinski definition) is 2. The smallest absolute Gasteiger partial charge is 0.0636 e. The van der Waals surface area contributed by atoms with Crippen molar-refractivity contribution in [2.75, 3.05) is 33.7 Å². The Morgan fingerprint density at radius 3 is 2.31 bits per heavy atom. The summed E-state index contributed by atoms with van der Waals surface area (Å²) in [6.45, 7) is 8.92. The van der Waals surface area contributed by atoms with Crippen molar-refractivity contribution in [2.24, 2.45) is 5.41 Å². The Morgan fingerprint density at radius 1 is 1.38 bits per heavy atom. The van der Waals surface area contributed by atoms with Gasteiger partial charge in [-0.05, 0) is 26.4 Å². The third-order valence-electron chi connectivity index (χ3n) is 1.79. The SMILES string of the molecule is C[C@H](O)CNCC(C)(C)CN(C)C. The van der Waals surface area contributed by atoms with Gasteiger partial charge in [0.1, 0.15) is 0 Å². The van der Waals surface area contributed by atoms with Gasteiger partial charge in [0.25, 0.3) is 0 Å². The van der Waals surface area contributed by atoms with Crippen LogP contribution in [0.1, 0.15) is 20.8 Å². The van der Waals surface area contributed by atoms with Crippen LogP contribution in [0.2, 0.25) is 0 Å². The Bertz CT molecular complexity index is 133. The number of aliphatic hydroxyl groups is 1. The molecule has 0 spiro atoms. The molecule has 0 saturated heterocycles. The fraction of sp³-hybridized carbons (Fsp3) is 1.00. The van der Waals surface area contributed by atoms with Gasteiger partial charge in [0.05, 0.1) is 6.10 Å². The van der Waals surface area contributed by atoms with Crippen molar-refractivity contribution in [2.45, 2.75) is 26.9 Å². The molecule has 3 nitrogen and oxygen atoms in total. The molecule has 0 unspecified atom stereocenters. The first-order valence-corrected chi connectivity index (χ1v) is 4.87. The zero-order valence-corrected chi connectivity index (χ0v) is 9.59. The highest BCUT2D eigenvalue weighted by atomic mass is 16.3. The van der Waals surface area contributed by atoms with Crippen molar-refractivity contribution < 1.29 is 5.11 Å². The van der Waals surface area contributed by atoms with E-state index in [4.69, 9.17) is 5.11 Å². The molecular weight excluding hydrogens is 164 g/mol. The Hall–Kier alpha value is -0.120. The highest BCUT2D eigenvalue weighted by Crippen LogP contribution is 2.13. The zero-order chi connectivity index (χ0) is 10.5. The molecule has 0 aliphatic rings. The summed E-state index contributed by atoms with van der Waals surface area (Å²) in [5, 5.41) is 12.3. The van der Waals surface area contributed by atoms with Crippen molar-refractivity contribution in [3.8, 4) is 0 Å². The van der Waals surface area contributed by atoms with E-state index in [1.165, 1.54) is 0 Å². The van der Waals surface area contributed by atoms with Gasteiger partial charge < -0.3 is 15.3 Å². The van der Waals surface area contributed by atoms with Crippen LogP contribution in [0.5, 0.6) is 0 Å². The molecule has 0 bridgehead atoms.